The molecule has 0 aromatic carbocycles. The normalized spacial score (nSPS) is 10.5. The number of pyridine rings is 1. The van der Waals surface area contributed by atoms with Gasteiger partial charge in [-0.05, 0) is 6.07 Å². The molecule has 0 saturated heterocycles. The highest BCUT2D eigenvalue weighted by Crippen LogP contribution is 2.20. The first-order chi connectivity index (χ1) is 6.20. The molecule has 0 bridgehead atoms. The average molecular weight is 177 g/mol. The van der Waals surface area contributed by atoms with Crippen LogP contribution in [0, 0.1) is 0 Å². The van der Waals surface area contributed by atoms with Gasteiger partial charge in [0.15, 0.2) is 0 Å². The molecular weight excluding hydrogens is 170 g/mol. The van der Waals surface area contributed by atoms with Crippen LogP contribution in [0.3, 0.4) is 0 Å². The highest BCUT2D eigenvalue weighted by atomic mass is 16.4. The third-order valence-electron chi connectivity index (χ3n) is 1.86. The van der Waals surface area contributed by atoms with E-state index in [1.54, 1.807) is 6.07 Å². The van der Waals surface area contributed by atoms with Gasteiger partial charge in [0.1, 0.15) is 5.82 Å². The number of fused-ring (bicyclic) bond motifs is 1. The number of carboxylic acids is 1. The number of carbonyl (C=O) groups is 1. The summed E-state index contributed by atoms with van der Waals surface area (Å²) in [6.45, 7) is 0. The molecule has 2 aromatic heterocycles. The summed E-state index contributed by atoms with van der Waals surface area (Å²) >= 11 is 0. The first-order valence-electron chi connectivity index (χ1n) is 3.65. The van der Waals surface area contributed by atoms with Crippen molar-refractivity contribution in [1.82, 2.24) is 9.97 Å². The monoisotopic (exact) mass is 177 g/mol. The maximum atomic E-state index is 10.7. The van der Waals surface area contributed by atoms with Gasteiger partial charge >= 0.3 is 5.97 Å². The number of nitrogens with two attached hydrogens (primary N) is 1. The van der Waals surface area contributed by atoms with Crippen molar-refractivity contribution < 1.29 is 9.90 Å². The minimum atomic E-state index is -0.975. The lowest BCUT2D eigenvalue weighted by Crippen LogP contribution is -1.94. The predicted octanol–water partition coefficient (Wildman–Crippen LogP) is 0.843. The molecular formula is C8H7N3O2. The molecule has 0 unspecified atom stereocenters. The van der Waals surface area contributed by atoms with Gasteiger partial charge in [-0.3, -0.25) is 0 Å². The number of hydrogen-bond acceptors (Lipinski definition) is 3. The molecule has 2 heterocycles. The SMILES string of the molecule is Nc1nccc2c(C(=O)O)c[nH]c12. The zero-order chi connectivity index (χ0) is 9.42. The number of hydrogen-bond donors (Lipinski definition) is 3. The molecule has 0 aliphatic carbocycles. The van der Waals surface area contributed by atoms with E-state index in [0.29, 0.717) is 16.7 Å². The van der Waals surface area contributed by atoms with E-state index < -0.39 is 5.97 Å². The lowest BCUT2D eigenvalue weighted by Gasteiger charge is -1.94. The molecule has 5 nitrogen and oxygen atoms in total. The molecule has 0 aliphatic heterocycles. The Hall–Kier alpha value is -2.04. The zero-order valence-corrected chi connectivity index (χ0v) is 6.61. The van der Waals surface area contributed by atoms with Gasteiger partial charge in [-0.1, -0.05) is 0 Å². The third kappa shape index (κ3) is 1.01. The number of anilines is 1. The Kier molecular flexibility index (Phi) is 1.45. The molecule has 13 heavy (non-hydrogen) atoms. The van der Waals surface area contributed by atoms with E-state index in [1.165, 1.54) is 12.4 Å². The first-order valence-corrected chi connectivity index (χ1v) is 3.65. The summed E-state index contributed by atoms with van der Waals surface area (Å²) in [5.74, 6) is -0.665. The summed E-state index contributed by atoms with van der Waals surface area (Å²) in [6, 6.07) is 1.62. The van der Waals surface area contributed by atoms with Crippen LogP contribution >= 0.6 is 0 Å². The fraction of sp³-hybridized carbons (Fsp3) is 0. The molecule has 0 atom stereocenters. The summed E-state index contributed by atoms with van der Waals surface area (Å²) in [5.41, 5.74) is 6.32. The average Bonchev–Trinajstić information content (AvgIpc) is 2.48. The number of aromatic nitrogens is 2. The second-order valence-corrected chi connectivity index (χ2v) is 2.63. The van der Waals surface area contributed by atoms with Crippen LogP contribution in [0.25, 0.3) is 10.9 Å². The highest BCUT2D eigenvalue weighted by molar-refractivity contribution is 6.05. The second-order valence-electron chi connectivity index (χ2n) is 2.63. The molecule has 2 aromatic rings. The summed E-state index contributed by atoms with van der Waals surface area (Å²) in [7, 11) is 0. The zero-order valence-electron chi connectivity index (χ0n) is 6.61. The van der Waals surface area contributed by atoms with E-state index >= 15 is 0 Å². The molecule has 0 spiro atoms. The van der Waals surface area contributed by atoms with Gasteiger partial charge in [-0.2, -0.15) is 0 Å². The van der Waals surface area contributed by atoms with Gasteiger partial charge in [-0.25, -0.2) is 9.78 Å². The molecule has 66 valence electrons. The Balaban J connectivity index is 2.83. The van der Waals surface area contributed by atoms with Gasteiger partial charge in [0, 0.05) is 17.8 Å². The van der Waals surface area contributed by atoms with Crippen molar-refractivity contribution in [2.24, 2.45) is 0 Å². The molecule has 0 amide bonds. The van der Waals surface area contributed by atoms with Crippen LogP contribution in [0.4, 0.5) is 5.82 Å². The summed E-state index contributed by atoms with van der Waals surface area (Å²) in [5, 5.41) is 9.36. The van der Waals surface area contributed by atoms with Gasteiger partial charge in [0.05, 0.1) is 11.1 Å². The van der Waals surface area contributed by atoms with E-state index in [2.05, 4.69) is 9.97 Å². The number of carboxylic acid groups (broad SMARTS) is 1. The van der Waals surface area contributed by atoms with Crippen LogP contribution in [0.5, 0.6) is 0 Å². The van der Waals surface area contributed by atoms with Crippen LogP contribution < -0.4 is 5.73 Å². The van der Waals surface area contributed by atoms with E-state index in [9.17, 15) is 4.79 Å². The van der Waals surface area contributed by atoms with E-state index in [1.807, 2.05) is 0 Å². The van der Waals surface area contributed by atoms with E-state index in [0.717, 1.165) is 0 Å². The first kappa shape index (κ1) is 7.60. The largest absolute Gasteiger partial charge is 0.478 e. The third-order valence-corrected chi connectivity index (χ3v) is 1.86. The second kappa shape index (κ2) is 2.48. The number of nitrogens with one attached hydrogen (secondary N) is 1. The minimum absolute atomic E-state index is 0.212. The van der Waals surface area contributed by atoms with Gasteiger partial charge in [0.2, 0.25) is 0 Å². The smallest absolute Gasteiger partial charge is 0.337 e. The summed E-state index contributed by atoms with van der Waals surface area (Å²) < 4.78 is 0. The van der Waals surface area contributed by atoms with Crippen molar-refractivity contribution in [3.05, 3.63) is 24.0 Å². The number of rotatable bonds is 1. The van der Waals surface area contributed by atoms with Gasteiger partial charge < -0.3 is 15.8 Å². The number of aromatic carboxylic acids is 1. The van der Waals surface area contributed by atoms with Gasteiger partial charge in [-0.15, -0.1) is 0 Å². The number of aromatic amines is 1. The predicted molar refractivity (Wildman–Crippen MR) is 47.5 cm³/mol. The fourth-order valence-electron chi connectivity index (χ4n) is 1.25. The molecule has 0 aliphatic rings. The lowest BCUT2D eigenvalue weighted by molar-refractivity contribution is 0.0699. The van der Waals surface area contributed by atoms with Crippen molar-refractivity contribution in [2.75, 3.05) is 5.73 Å². The van der Waals surface area contributed by atoms with Crippen LogP contribution in [0.1, 0.15) is 10.4 Å². The Morgan fingerprint density at radius 1 is 1.62 bits per heavy atom. The van der Waals surface area contributed by atoms with Crippen LogP contribution in [0.2, 0.25) is 0 Å². The quantitative estimate of drug-likeness (QED) is 0.601. The summed E-state index contributed by atoms with van der Waals surface area (Å²) in [6.07, 6.45) is 2.89. The standard InChI is InChI=1S/C8H7N3O2/c9-7-6-4(1-2-10-7)5(3-11-6)8(12)13/h1-3,11H,(H2,9,10)(H,12,13). The van der Waals surface area contributed by atoms with Crippen LogP contribution in [-0.2, 0) is 0 Å². The van der Waals surface area contributed by atoms with E-state index in [-0.39, 0.29) is 5.56 Å². The Bertz CT molecular complexity index is 475. The maximum Gasteiger partial charge on any atom is 0.337 e. The number of nitrogen functional groups attached to an aromatic ring is 1. The molecule has 0 fully saturated rings. The molecule has 0 radical (unpaired) electrons. The van der Waals surface area contributed by atoms with Crippen LogP contribution in [0.15, 0.2) is 18.5 Å². The van der Waals surface area contributed by atoms with Crippen molar-refractivity contribution >= 4 is 22.7 Å². The van der Waals surface area contributed by atoms with Crippen molar-refractivity contribution in [3.63, 3.8) is 0 Å². The maximum absolute atomic E-state index is 10.7. The Morgan fingerprint density at radius 2 is 2.38 bits per heavy atom. The topological polar surface area (TPSA) is 92.0 Å². The van der Waals surface area contributed by atoms with Crippen molar-refractivity contribution in [1.29, 1.82) is 0 Å². The minimum Gasteiger partial charge on any atom is -0.478 e. The number of nitrogens with zero attached hydrogens (tertiary/aromatic N) is 1. The van der Waals surface area contributed by atoms with E-state index in [4.69, 9.17) is 10.8 Å². The lowest BCUT2D eigenvalue weighted by atomic mass is 10.2. The highest BCUT2D eigenvalue weighted by Gasteiger charge is 2.11. The number of H-pyrrole nitrogens is 1. The Labute approximate surface area is 73.2 Å². The van der Waals surface area contributed by atoms with Crippen LogP contribution in [-0.4, -0.2) is 21.0 Å². The Morgan fingerprint density at radius 3 is 3.08 bits per heavy atom. The van der Waals surface area contributed by atoms with Gasteiger partial charge in [0.25, 0.3) is 0 Å². The fourth-order valence-corrected chi connectivity index (χ4v) is 1.25. The summed E-state index contributed by atoms with van der Waals surface area (Å²) in [4.78, 5) is 17.3. The molecule has 4 N–H and O–H groups in total. The molecule has 0 saturated carbocycles. The van der Waals surface area contributed by atoms with Crippen molar-refractivity contribution in [3.8, 4) is 0 Å². The molecule has 5 heteroatoms. The molecule has 2 rings (SSSR count). The van der Waals surface area contributed by atoms with Crippen molar-refractivity contribution in [2.45, 2.75) is 0 Å².